The third-order valence-electron chi connectivity index (χ3n) is 6.49. The standard InChI is InChI=1S/C29H25N3O8S/c1-5-39-28(34)25-16(2)30-29-31(26(25)21-14-19(37-3)9-12-23(21)38-4)27(33)24(41-29)15-20-10-11-22(40-20)17-7-6-8-18(13-17)32(35)36/h6-15,26H,5H2,1-4H3/b24-15+/t26-/m0/s1. The van der Waals surface area contributed by atoms with Crippen molar-refractivity contribution < 1.29 is 28.3 Å². The van der Waals surface area contributed by atoms with Crippen molar-refractivity contribution in [2.24, 2.45) is 4.99 Å². The first-order valence-corrected chi connectivity index (χ1v) is 13.3. The van der Waals surface area contributed by atoms with Gasteiger partial charge in [0.2, 0.25) is 0 Å². The van der Waals surface area contributed by atoms with Gasteiger partial charge in [0.05, 0.1) is 41.6 Å². The number of nitrogens with zero attached hydrogens (tertiary/aromatic N) is 3. The molecule has 0 saturated heterocycles. The average Bonchev–Trinajstić information content (AvgIpc) is 3.56. The zero-order valence-corrected chi connectivity index (χ0v) is 23.4. The van der Waals surface area contributed by atoms with Gasteiger partial charge in [0.25, 0.3) is 11.2 Å². The number of esters is 1. The molecule has 0 aliphatic carbocycles. The second-order valence-electron chi connectivity index (χ2n) is 8.92. The van der Waals surface area contributed by atoms with Gasteiger partial charge in [-0.25, -0.2) is 9.79 Å². The Labute approximate surface area is 237 Å². The average molecular weight is 576 g/mol. The van der Waals surface area contributed by atoms with Crippen molar-refractivity contribution in [1.82, 2.24) is 4.57 Å². The van der Waals surface area contributed by atoms with E-state index in [-0.39, 0.29) is 17.9 Å². The number of methoxy groups -OCH3 is 2. The number of fused-ring (bicyclic) bond motifs is 1. The number of benzene rings is 2. The minimum absolute atomic E-state index is 0.0606. The summed E-state index contributed by atoms with van der Waals surface area (Å²) in [6.45, 7) is 3.55. The summed E-state index contributed by atoms with van der Waals surface area (Å²) in [5.74, 6) is 1.16. The number of hydrogen-bond donors (Lipinski definition) is 0. The Kier molecular flexibility index (Phi) is 7.58. The topological polar surface area (TPSA) is 135 Å². The number of carbonyl (C=O) groups is 1. The molecule has 0 saturated carbocycles. The van der Waals surface area contributed by atoms with E-state index in [2.05, 4.69) is 4.99 Å². The van der Waals surface area contributed by atoms with Gasteiger partial charge < -0.3 is 18.6 Å². The molecule has 0 bridgehead atoms. The molecule has 5 rings (SSSR count). The second kappa shape index (κ2) is 11.3. The summed E-state index contributed by atoms with van der Waals surface area (Å²) in [5, 5.41) is 11.2. The molecule has 0 unspecified atom stereocenters. The second-order valence-corrected chi connectivity index (χ2v) is 9.93. The molecule has 1 aliphatic heterocycles. The maximum atomic E-state index is 13.9. The zero-order valence-electron chi connectivity index (χ0n) is 22.6. The number of ether oxygens (including phenoxy) is 3. The minimum Gasteiger partial charge on any atom is -0.497 e. The number of nitro benzene ring substituents is 1. The maximum Gasteiger partial charge on any atom is 0.338 e. The van der Waals surface area contributed by atoms with Gasteiger partial charge >= 0.3 is 5.97 Å². The van der Waals surface area contributed by atoms with E-state index in [1.165, 1.54) is 30.9 Å². The minimum atomic E-state index is -0.894. The molecule has 0 amide bonds. The zero-order chi connectivity index (χ0) is 29.3. The number of hydrogen-bond acceptors (Lipinski definition) is 10. The van der Waals surface area contributed by atoms with Gasteiger partial charge in [-0.05, 0) is 44.2 Å². The lowest BCUT2D eigenvalue weighted by Crippen LogP contribution is -2.40. The number of furan rings is 1. The van der Waals surface area contributed by atoms with Crippen LogP contribution in [-0.4, -0.2) is 36.3 Å². The third kappa shape index (κ3) is 5.16. The van der Waals surface area contributed by atoms with E-state index in [0.717, 1.165) is 11.3 Å². The monoisotopic (exact) mass is 575 g/mol. The summed E-state index contributed by atoms with van der Waals surface area (Å²) in [6.07, 6.45) is 1.58. The van der Waals surface area contributed by atoms with E-state index < -0.39 is 22.5 Å². The van der Waals surface area contributed by atoms with Crippen LogP contribution in [0, 0.1) is 10.1 Å². The molecule has 0 N–H and O–H groups in total. The maximum absolute atomic E-state index is 13.9. The lowest BCUT2D eigenvalue weighted by molar-refractivity contribution is -0.384. The fourth-order valence-electron chi connectivity index (χ4n) is 4.63. The molecule has 2 aromatic carbocycles. The Balaban J connectivity index is 1.66. The summed E-state index contributed by atoms with van der Waals surface area (Å²) >= 11 is 1.14. The van der Waals surface area contributed by atoms with Crippen molar-refractivity contribution in [2.45, 2.75) is 19.9 Å². The fourth-order valence-corrected chi connectivity index (χ4v) is 5.65. The Morgan fingerprint density at radius 1 is 1.17 bits per heavy atom. The van der Waals surface area contributed by atoms with Crippen molar-refractivity contribution in [1.29, 1.82) is 0 Å². The Morgan fingerprint density at radius 2 is 1.98 bits per heavy atom. The normalized spacial score (nSPS) is 14.8. The SMILES string of the molecule is CCOC(=O)C1=C(C)N=c2s/c(=C/c3ccc(-c4cccc([N+](=O)[O-])c4)o3)c(=O)n2[C@H]1c1cc(OC)ccc1OC. The summed E-state index contributed by atoms with van der Waals surface area (Å²) in [4.78, 5) is 42.7. The summed E-state index contributed by atoms with van der Waals surface area (Å²) in [7, 11) is 3.03. The van der Waals surface area contributed by atoms with Gasteiger partial charge in [0.1, 0.15) is 29.1 Å². The Morgan fingerprint density at radius 3 is 2.68 bits per heavy atom. The summed E-state index contributed by atoms with van der Waals surface area (Å²) in [5.41, 5.74) is 1.23. The molecule has 11 nitrogen and oxygen atoms in total. The number of aromatic nitrogens is 1. The summed E-state index contributed by atoms with van der Waals surface area (Å²) < 4.78 is 24.1. The molecule has 1 atom stereocenters. The molecule has 2 aromatic heterocycles. The molecule has 0 fully saturated rings. The molecule has 0 spiro atoms. The first-order chi connectivity index (χ1) is 19.7. The van der Waals surface area contributed by atoms with Crippen LogP contribution in [0.15, 0.2) is 80.1 Å². The molecule has 41 heavy (non-hydrogen) atoms. The smallest absolute Gasteiger partial charge is 0.338 e. The highest BCUT2D eigenvalue weighted by Crippen LogP contribution is 2.38. The summed E-state index contributed by atoms with van der Waals surface area (Å²) in [6, 6.07) is 13.7. The van der Waals surface area contributed by atoms with E-state index in [1.807, 2.05) is 0 Å². The van der Waals surface area contributed by atoms with Gasteiger partial charge in [-0.3, -0.25) is 19.5 Å². The predicted octanol–water partition coefficient (Wildman–Crippen LogP) is 3.98. The van der Waals surface area contributed by atoms with Crippen molar-refractivity contribution >= 4 is 29.1 Å². The van der Waals surface area contributed by atoms with Crippen LogP contribution >= 0.6 is 11.3 Å². The molecule has 12 heteroatoms. The molecule has 3 heterocycles. The number of allylic oxidation sites excluding steroid dienone is 1. The van der Waals surface area contributed by atoms with Crippen LogP contribution in [0.1, 0.15) is 31.2 Å². The number of rotatable bonds is 8. The molecular weight excluding hydrogens is 550 g/mol. The molecule has 0 radical (unpaired) electrons. The van der Waals surface area contributed by atoms with Crippen LogP contribution < -0.4 is 24.4 Å². The Hall–Kier alpha value is -4.97. The van der Waals surface area contributed by atoms with E-state index in [9.17, 15) is 19.7 Å². The first kappa shape index (κ1) is 27.6. The van der Waals surface area contributed by atoms with Crippen LogP contribution in [0.5, 0.6) is 11.5 Å². The van der Waals surface area contributed by atoms with Crippen molar-refractivity contribution in [3.63, 3.8) is 0 Å². The van der Waals surface area contributed by atoms with E-state index in [0.29, 0.717) is 49.2 Å². The van der Waals surface area contributed by atoms with Crippen molar-refractivity contribution in [2.75, 3.05) is 20.8 Å². The number of thiazole rings is 1. The highest BCUT2D eigenvalue weighted by molar-refractivity contribution is 7.07. The fraction of sp³-hybridized carbons (Fsp3) is 0.207. The van der Waals surface area contributed by atoms with E-state index in [4.69, 9.17) is 18.6 Å². The lowest BCUT2D eigenvalue weighted by atomic mass is 9.95. The largest absolute Gasteiger partial charge is 0.497 e. The van der Waals surface area contributed by atoms with Crippen LogP contribution in [0.25, 0.3) is 17.4 Å². The predicted molar refractivity (Wildman–Crippen MR) is 151 cm³/mol. The van der Waals surface area contributed by atoms with Gasteiger partial charge in [0.15, 0.2) is 4.80 Å². The molecule has 1 aliphatic rings. The highest BCUT2D eigenvalue weighted by Gasteiger charge is 2.35. The van der Waals surface area contributed by atoms with Crippen LogP contribution in [-0.2, 0) is 9.53 Å². The highest BCUT2D eigenvalue weighted by atomic mass is 32.1. The number of nitro groups is 1. The van der Waals surface area contributed by atoms with Crippen molar-refractivity contribution in [3.05, 3.63) is 107 Å². The van der Waals surface area contributed by atoms with Crippen molar-refractivity contribution in [3.8, 4) is 22.8 Å². The quantitative estimate of drug-likeness (QED) is 0.175. The van der Waals surface area contributed by atoms with Crippen LogP contribution in [0.4, 0.5) is 5.69 Å². The number of non-ortho nitro benzene ring substituents is 1. The lowest BCUT2D eigenvalue weighted by Gasteiger charge is -2.26. The van der Waals surface area contributed by atoms with Gasteiger partial charge in [-0.1, -0.05) is 23.5 Å². The number of carbonyl (C=O) groups excluding carboxylic acids is 1. The molecule has 210 valence electrons. The van der Waals surface area contributed by atoms with E-state index in [1.54, 1.807) is 62.4 Å². The van der Waals surface area contributed by atoms with E-state index >= 15 is 0 Å². The molecule has 4 aromatic rings. The van der Waals surface area contributed by atoms with Crippen LogP contribution in [0.3, 0.4) is 0 Å². The van der Waals surface area contributed by atoms with Gasteiger partial charge in [-0.2, -0.15) is 0 Å². The van der Waals surface area contributed by atoms with Gasteiger partial charge in [-0.15, -0.1) is 0 Å². The molecular formula is C29H25N3O8S. The third-order valence-corrected chi connectivity index (χ3v) is 7.47. The Bertz CT molecular complexity index is 1880. The first-order valence-electron chi connectivity index (χ1n) is 12.5. The van der Waals surface area contributed by atoms with Crippen LogP contribution in [0.2, 0.25) is 0 Å². The van der Waals surface area contributed by atoms with Gasteiger partial charge in [0, 0.05) is 29.3 Å².